The van der Waals surface area contributed by atoms with Crippen LogP contribution in [0, 0.1) is 11.7 Å². The van der Waals surface area contributed by atoms with Crippen molar-refractivity contribution in [2.45, 2.75) is 23.4 Å². The number of benzene rings is 3. The molecule has 2 N–H and O–H groups in total. The average Bonchev–Trinajstić information content (AvgIpc) is 3.55. The molecule has 3 heterocycles. The number of fused-ring (bicyclic) bond motifs is 2. The maximum Gasteiger partial charge on any atom is 0.255 e. The molecule has 1 atom stereocenters. The second-order valence-corrected chi connectivity index (χ2v) is 11.5. The molecule has 0 saturated heterocycles. The molecular formula is C29H23FN6O2S2. The van der Waals surface area contributed by atoms with Gasteiger partial charge >= 0.3 is 0 Å². The Balaban J connectivity index is 1.14. The minimum Gasteiger partial charge on any atom is -0.507 e. The van der Waals surface area contributed by atoms with Gasteiger partial charge in [0.1, 0.15) is 11.6 Å². The van der Waals surface area contributed by atoms with Crippen molar-refractivity contribution in [2.75, 3.05) is 6.54 Å². The summed E-state index contributed by atoms with van der Waals surface area (Å²) in [4.78, 5) is 18.2. The first-order chi connectivity index (χ1) is 19.4. The van der Waals surface area contributed by atoms with Crippen molar-refractivity contribution in [3.8, 4) is 17.0 Å². The molecule has 0 radical (unpaired) electrons. The van der Waals surface area contributed by atoms with Crippen LogP contribution in [0.5, 0.6) is 5.75 Å². The topological polar surface area (TPSA) is 105 Å². The second-order valence-electron chi connectivity index (χ2n) is 9.35. The zero-order valence-electron chi connectivity index (χ0n) is 21.3. The zero-order chi connectivity index (χ0) is 27.6. The number of hydrogen-bond donors (Lipinski definition) is 2. The minimum absolute atomic E-state index is 0.0317. The first-order valence-electron chi connectivity index (χ1n) is 12.5. The molecule has 0 aliphatic rings. The number of rotatable bonds is 8. The smallest absolute Gasteiger partial charge is 0.255 e. The van der Waals surface area contributed by atoms with Crippen molar-refractivity contribution in [1.29, 1.82) is 0 Å². The van der Waals surface area contributed by atoms with Gasteiger partial charge in [0.25, 0.3) is 5.91 Å². The fraction of sp³-hybridized carbons (Fsp3) is 0.138. The van der Waals surface area contributed by atoms with Gasteiger partial charge in [-0.15, -0.1) is 21.5 Å². The van der Waals surface area contributed by atoms with Crippen molar-refractivity contribution < 1.29 is 14.3 Å². The highest BCUT2D eigenvalue weighted by atomic mass is 32.2. The summed E-state index contributed by atoms with van der Waals surface area (Å²) in [6.07, 6.45) is 0.716. The third-order valence-corrected chi connectivity index (χ3v) is 8.24. The molecule has 0 aliphatic heterocycles. The van der Waals surface area contributed by atoms with Crippen LogP contribution in [0.15, 0.2) is 88.9 Å². The summed E-state index contributed by atoms with van der Waals surface area (Å²) >= 11 is 3.08. The van der Waals surface area contributed by atoms with E-state index in [1.807, 2.05) is 24.3 Å². The number of nitrogens with zero attached hydrogens (tertiary/aromatic N) is 5. The van der Waals surface area contributed by atoms with Gasteiger partial charge in [-0.1, -0.05) is 19.1 Å². The zero-order valence-corrected chi connectivity index (χ0v) is 22.9. The van der Waals surface area contributed by atoms with Crippen LogP contribution in [-0.4, -0.2) is 42.4 Å². The van der Waals surface area contributed by atoms with Crippen LogP contribution in [0.4, 0.5) is 4.39 Å². The van der Waals surface area contributed by atoms with Gasteiger partial charge < -0.3 is 10.4 Å². The van der Waals surface area contributed by atoms with E-state index < -0.39 is 0 Å². The number of aromatic hydroxyl groups is 1. The van der Waals surface area contributed by atoms with Crippen LogP contribution < -0.4 is 5.32 Å². The quantitative estimate of drug-likeness (QED) is 0.231. The van der Waals surface area contributed by atoms with Crippen LogP contribution in [0.25, 0.3) is 27.1 Å². The molecule has 11 heteroatoms. The van der Waals surface area contributed by atoms with E-state index in [-0.39, 0.29) is 29.0 Å². The SMILES string of the molecule is CC(CNC(=O)c1ccccc1O)Cc1nc2ccc(Sc3nnc4ccc(-c5ccc(F)cc5)nn34)cc2s1. The van der Waals surface area contributed by atoms with E-state index >= 15 is 0 Å². The Hall–Kier alpha value is -4.35. The molecule has 6 aromatic rings. The summed E-state index contributed by atoms with van der Waals surface area (Å²) in [7, 11) is 0. The normalized spacial score (nSPS) is 12.2. The van der Waals surface area contributed by atoms with Gasteiger partial charge in [-0.25, -0.2) is 9.37 Å². The van der Waals surface area contributed by atoms with Crippen LogP contribution >= 0.6 is 23.1 Å². The standard InChI is InChI=1S/C29H23FN6O2S2/c1-17(16-31-28(38)21-4-2-3-5-24(21)37)14-27-32-23-11-10-20(15-25(23)40-27)39-29-34-33-26-13-12-22(35-36(26)29)18-6-8-19(30)9-7-18/h2-13,15,17,37H,14,16H2,1H3,(H,31,38). The van der Waals surface area contributed by atoms with Gasteiger partial charge in [0.2, 0.25) is 5.16 Å². The van der Waals surface area contributed by atoms with Crippen molar-refractivity contribution in [1.82, 2.24) is 30.1 Å². The van der Waals surface area contributed by atoms with Gasteiger partial charge in [0, 0.05) is 23.4 Å². The summed E-state index contributed by atoms with van der Waals surface area (Å²) in [5.41, 5.74) is 3.30. The van der Waals surface area contributed by atoms with E-state index in [1.165, 1.54) is 30.0 Å². The lowest BCUT2D eigenvalue weighted by Crippen LogP contribution is -2.29. The fourth-order valence-electron chi connectivity index (χ4n) is 4.21. The van der Waals surface area contributed by atoms with E-state index in [4.69, 9.17) is 4.98 Å². The Labute approximate surface area is 236 Å². The first-order valence-corrected chi connectivity index (χ1v) is 14.2. The number of amides is 1. The lowest BCUT2D eigenvalue weighted by molar-refractivity contribution is 0.0945. The summed E-state index contributed by atoms with van der Waals surface area (Å²) in [5, 5.41) is 27.6. The average molecular weight is 571 g/mol. The Kier molecular flexibility index (Phi) is 7.14. The van der Waals surface area contributed by atoms with Gasteiger partial charge in [-0.05, 0) is 84.4 Å². The van der Waals surface area contributed by atoms with E-state index in [2.05, 4.69) is 33.6 Å². The van der Waals surface area contributed by atoms with Gasteiger partial charge in [-0.3, -0.25) is 4.79 Å². The summed E-state index contributed by atoms with van der Waals surface area (Å²) in [6.45, 7) is 2.53. The minimum atomic E-state index is -0.295. The highest BCUT2D eigenvalue weighted by Crippen LogP contribution is 2.32. The Morgan fingerprint density at radius 3 is 2.73 bits per heavy atom. The van der Waals surface area contributed by atoms with E-state index in [9.17, 15) is 14.3 Å². The lowest BCUT2D eigenvalue weighted by atomic mass is 10.1. The number of aromatic nitrogens is 5. The molecule has 40 heavy (non-hydrogen) atoms. The highest BCUT2D eigenvalue weighted by Gasteiger charge is 2.15. The predicted molar refractivity (Wildman–Crippen MR) is 153 cm³/mol. The lowest BCUT2D eigenvalue weighted by Gasteiger charge is -2.11. The molecule has 1 unspecified atom stereocenters. The maximum absolute atomic E-state index is 13.3. The van der Waals surface area contributed by atoms with Crippen LogP contribution in [0.1, 0.15) is 22.3 Å². The Morgan fingerprint density at radius 2 is 1.90 bits per heavy atom. The molecule has 200 valence electrons. The maximum atomic E-state index is 13.3. The molecule has 0 aliphatic carbocycles. The van der Waals surface area contributed by atoms with Gasteiger partial charge in [0.05, 0.1) is 26.5 Å². The van der Waals surface area contributed by atoms with Crippen LogP contribution in [0.2, 0.25) is 0 Å². The van der Waals surface area contributed by atoms with Crippen LogP contribution in [0.3, 0.4) is 0 Å². The summed E-state index contributed by atoms with van der Waals surface area (Å²) in [5.74, 6) is -0.461. The van der Waals surface area contributed by atoms with Gasteiger partial charge in [0.15, 0.2) is 5.65 Å². The Morgan fingerprint density at radius 1 is 1.07 bits per heavy atom. The third kappa shape index (κ3) is 5.51. The number of carbonyl (C=O) groups excluding carboxylic acids is 1. The Bertz CT molecular complexity index is 1840. The predicted octanol–water partition coefficient (Wildman–Crippen LogP) is 6.01. The number of carbonyl (C=O) groups is 1. The largest absolute Gasteiger partial charge is 0.507 e. The van der Waals surface area contributed by atoms with Crippen molar-refractivity contribution in [2.24, 2.45) is 5.92 Å². The van der Waals surface area contributed by atoms with E-state index in [1.54, 1.807) is 46.2 Å². The first kappa shape index (κ1) is 25.9. The van der Waals surface area contributed by atoms with E-state index in [0.717, 1.165) is 25.7 Å². The summed E-state index contributed by atoms with van der Waals surface area (Å²) in [6, 6.07) is 22.5. The molecule has 3 aromatic heterocycles. The fourth-order valence-corrected chi connectivity index (χ4v) is 6.28. The molecular weight excluding hydrogens is 547 g/mol. The van der Waals surface area contributed by atoms with Crippen molar-refractivity contribution in [3.05, 3.63) is 95.3 Å². The highest BCUT2D eigenvalue weighted by molar-refractivity contribution is 7.99. The molecule has 8 nitrogen and oxygen atoms in total. The molecule has 0 spiro atoms. The monoisotopic (exact) mass is 570 g/mol. The van der Waals surface area contributed by atoms with Crippen LogP contribution in [-0.2, 0) is 6.42 Å². The number of nitrogens with one attached hydrogen (secondary N) is 1. The summed E-state index contributed by atoms with van der Waals surface area (Å²) < 4.78 is 16.1. The molecule has 0 saturated carbocycles. The number of halogens is 1. The number of phenols is 1. The van der Waals surface area contributed by atoms with Crippen molar-refractivity contribution in [3.63, 3.8) is 0 Å². The number of phenolic OH excluding ortho intramolecular Hbond substituents is 1. The third-order valence-electron chi connectivity index (χ3n) is 6.27. The number of para-hydroxylation sites is 1. The second kappa shape index (κ2) is 11.0. The van der Waals surface area contributed by atoms with Gasteiger partial charge in [-0.2, -0.15) is 9.61 Å². The van der Waals surface area contributed by atoms with Crippen molar-refractivity contribution >= 4 is 44.9 Å². The molecule has 0 bridgehead atoms. The number of thiazole rings is 1. The number of hydrogen-bond acceptors (Lipinski definition) is 8. The molecule has 1 amide bonds. The van der Waals surface area contributed by atoms with E-state index in [0.29, 0.717) is 29.5 Å². The molecule has 6 rings (SSSR count). The molecule has 3 aromatic carbocycles. The molecule has 0 fully saturated rings.